The van der Waals surface area contributed by atoms with E-state index < -0.39 is 5.60 Å². The third-order valence-electron chi connectivity index (χ3n) is 5.98. The molecule has 1 saturated carbocycles. The number of halogens is 1. The molecule has 3 aromatic rings. The van der Waals surface area contributed by atoms with E-state index in [1.807, 2.05) is 20.8 Å². The highest BCUT2D eigenvalue weighted by atomic mass is 19.1. The minimum atomic E-state index is -0.684. The van der Waals surface area contributed by atoms with Crippen LogP contribution in [0.5, 0.6) is 0 Å². The van der Waals surface area contributed by atoms with Crippen molar-refractivity contribution in [2.24, 2.45) is 5.92 Å². The lowest BCUT2D eigenvalue weighted by Crippen LogP contribution is -2.41. The summed E-state index contributed by atoms with van der Waals surface area (Å²) in [7, 11) is 0. The molecule has 0 aliphatic heterocycles. The quantitative estimate of drug-likeness (QED) is 0.687. The molecule has 1 amide bonds. The zero-order valence-electron chi connectivity index (χ0n) is 17.4. The van der Waals surface area contributed by atoms with Crippen LogP contribution in [-0.4, -0.2) is 42.4 Å². The standard InChI is InChI=1S/C22H26FN5O2/c1-13-18-9-6-16(23)10-19(18)28(27-13)21-24-11-14(12-25-21)20(29)26-17-7-4-15(5-8-17)22(2,3)30/h6,9-12,15,17,30H,4-5,7-8H2,1-3H3,(H,26,29). The third-order valence-corrected chi connectivity index (χ3v) is 5.98. The Morgan fingerprint density at radius 1 is 1.20 bits per heavy atom. The van der Waals surface area contributed by atoms with Gasteiger partial charge in [0.2, 0.25) is 0 Å². The number of aliphatic hydroxyl groups is 1. The van der Waals surface area contributed by atoms with Crippen LogP contribution in [0.2, 0.25) is 0 Å². The zero-order valence-corrected chi connectivity index (χ0v) is 17.4. The Morgan fingerprint density at radius 3 is 2.50 bits per heavy atom. The van der Waals surface area contributed by atoms with Crippen molar-refractivity contribution in [2.75, 3.05) is 0 Å². The van der Waals surface area contributed by atoms with Crippen molar-refractivity contribution in [1.29, 1.82) is 0 Å². The topological polar surface area (TPSA) is 92.9 Å². The molecule has 2 heterocycles. The summed E-state index contributed by atoms with van der Waals surface area (Å²) in [6.45, 7) is 5.52. The normalized spacial score (nSPS) is 19.8. The molecule has 0 unspecified atom stereocenters. The van der Waals surface area contributed by atoms with Crippen LogP contribution in [0.3, 0.4) is 0 Å². The maximum absolute atomic E-state index is 13.7. The van der Waals surface area contributed by atoms with Crippen LogP contribution in [-0.2, 0) is 0 Å². The summed E-state index contributed by atoms with van der Waals surface area (Å²) >= 11 is 0. The van der Waals surface area contributed by atoms with E-state index in [-0.39, 0.29) is 29.6 Å². The van der Waals surface area contributed by atoms with Crippen LogP contribution >= 0.6 is 0 Å². The SMILES string of the molecule is Cc1nn(-c2ncc(C(=O)NC3CCC(C(C)(C)O)CC3)cn2)c2cc(F)ccc12. The van der Waals surface area contributed by atoms with Crippen molar-refractivity contribution >= 4 is 16.8 Å². The number of aromatic nitrogens is 4. The summed E-state index contributed by atoms with van der Waals surface area (Å²) in [6.07, 6.45) is 6.36. The van der Waals surface area contributed by atoms with Gasteiger partial charge in [-0.1, -0.05) is 0 Å². The molecule has 30 heavy (non-hydrogen) atoms. The summed E-state index contributed by atoms with van der Waals surface area (Å²) in [5.74, 6) is -0.0499. The van der Waals surface area contributed by atoms with Crippen LogP contribution in [0.15, 0.2) is 30.6 Å². The monoisotopic (exact) mass is 411 g/mol. The number of hydrogen-bond donors (Lipinski definition) is 2. The average molecular weight is 411 g/mol. The van der Waals surface area contributed by atoms with E-state index in [1.165, 1.54) is 29.2 Å². The van der Waals surface area contributed by atoms with Gasteiger partial charge in [0, 0.05) is 29.9 Å². The molecule has 1 aromatic carbocycles. The molecule has 1 aliphatic rings. The second kappa shape index (κ2) is 7.75. The fourth-order valence-electron chi connectivity index (χ4n) is 4.16. The second-order valence-electron chi connectivity index (χ2n) is 8.61. The predicted octanol–water partition coefficient (Wildman–Crippen LogP) is 3.32. The Kier molecular flexibility index (Phi) is 5.27. The summed E-state index contributed by atoms with van der Waals surface area (Å²) in [5, 5.41) is 18.4. The molecule has 0 bridgehead atoms. The summed E-state index contributed by atoms with van der Waals surface area (Å²) in [6, 6.07) is 4.54. The fourth-order valence-corrected chi connectivity index (χ4v) is 4.16. The van der Waals surface area contributed by atoms with Crippen LogP contribution in [0.25, 0.3) is 16.9 Å². The first-order valence-electron chi connectivity index (χ1n) is 10.2. The van der Waals surface area contributed by atoms with Crippen molar-refractivity contribution in [2.45, 2.75) is 58.1 Å². The number of benzene rings is 1. The second-order valence-corrected chi connectivity index (χ2v) is 8.61. The number of carbonyl (C=O) groups is 1. The molecule has 0 radical (unpaired) electrons. The third kappa shape index (κ3) is 4.05. The highest BCUT2D eigenvalue weighted by molar-refractivity contribution is 5.93. The van der Waals surface area contributed by atoms with Gasteiger partial charge in [-0.15, -0.1) is 0 Å². The minimum absolute atomic E-state index is 0.0801. The van der Waals surface area contributed by atoms with Crippen molar-refractivity contribution < 1.29 is 14.3 Å². The molecule has 7 nitrogen and oxygen atoms in total. The Morgan fingerprint density at radius 2 is 1.87 bits per heavy atom. The van der Waals surface area contributed by atoms with Gasteiger partial charge in [0.1, 0.15) is 5.82 Å². The van der Waals surface area contributed by atoms with Crippen LogP contribution < -0.4 is 5.32 Å². The van der Waals surface area contributed by atoms with Gasteiger partial charge in [-0.25, -0.2) is 14.4 Å². The largest absolute Gasteiger partial charge is 0.390 e. The van der Waals surface area contributed by atoms with Crippen molar-refractivity contribution in [3.05, 3.63) is 47.7 Å². The molecule has 4 rings (SSSR count). The number of amides is 1. The summed E-state index contributed by atoms with van der Waals surface area (Å²) in [5.41, 5.74) is 1.00. The van der Waals surface area contributed by atoms with Gasteiger partial charge >= 0.3 is 0 Å². The van der Waals surface area contributed by atoms with Gasteiger partial charge in [0.15, 0.2) is 0 Å². The average Bonchev–Trinajstić information content (AvgIpc) is 3.03. The van der Waals surface area contributed by atoms with Crippen LogP contribution in [0.4, 0.5) is 4.39 Å². The highest BCUT2D eigenvalue weighted by Crippen LogP contribution is 2.32. The molecule has 0 spiro atoms. The summed E-state index contributed by atoms with van der Waals surface area (Å²) < 4.78 is 15.2. The van der Waals surface area contributed by atoms with Gasteiger partial charge in [0.25, 0.3) is 11.9 Å². The molecule has 0 saturated heterocycles. The number of nitrogens with one attached hydrogen (secondary N) is 1. The number of aryl methyl sites for hydroxylation is 1. The molecule has 2 N–H and O–H groups in total. The Bertz CT molecular complexity index is 1060. The predicted molar refractivity (Wildman–Crippen MR) is 111 cm³/mol. The van der Waals surface area contributed by atoms with Gasteiger partial charge in [-0.2, -0.15) is 9.78 Å². The lowest BCUT2D eigenvalue weighted by molar-refractivity contribution is -0.00257. The number of rotatable bonds is 4. The molecular weight excluding hydrogens is 385 g/mol. The fraction of sp³-hybridized carbons (Fsp3) is 0.455. The first-order valence-corrected chi connectivity index (χ1v) is 10.2. The molecule has 0 atom stereocenters. The molecule has 158 valence electrons. The lowest BCUT2D eigenvalue weighted by atomic mass is 9.77. The van der Waals surface area contributed by atoms with Gasteiger partial charge in [-0.3, -0.25) is 4.79 Å². The molecule has 2 aromatic heterocycles. The first-order chi connectivity index (χ1) is 14.2. The van der Waals surface area contributed by atoms with Gasteiger partial charge < -0.3 is 10.4 Å². The van der Waals surface area contributed by atoms with Crippen LogP contribution in [0.1, 0.15) is 55.6 Å². The highest BCUT2D eigenvalue weighted by Gasteiger charge is 2.31. The lowest BCUT2D eigenvalue weighted by Gasteiger charge is -2.36. The van der Waals surface area contributed by atoms with E-state index in [4.69, 9.17) is 0 Å². The molecule has 8 heteroatoms. The number of hydrogen-bond acceptors (Lipinski definition) is 5. The van der Waals surface area contributed by atoms with Crippen molar-refractivity contribution in [3.8, 4) is 5.95 Å². The molecular formula is C22H26FN5O2. The van der Waals surface area contributed by atoms with Gasteiger partial charge in [0.05, 0.1) is 22.4 Å². The number of nitrogens with zero attached hydrogens (tertiary/aromatic N) is 4. The minimum Gasteiger partial charge on any atom is -0.390 e. The summed E-state index contributed by atoms with van der Waals surface area (Å²) in [4.78, 5) is 21.1. The van der Waals surface area contributed by atoms with Gasteiger partial charge in [-0.05, 0) is 64.5 Å². The maximum atomic E-state index is 13.7. The van der Waals surface area contributed by atoms with Crippen molar-refractivity contribution in [1.82, 2.24) is 25.1 Å². The van der Waals surface area contributed by atoms with Crippen molar-refractivity contribution in [3.63, 3.8) is 0 Å². The van der Waals surface area contributed by atoms with Crippen LogP contribution in [0, 0.1) is 18.7 Å². The Hall–Kier alpha value is -2.87. The zero-order chi connectivity index (χ0) is 21.5. The number of fused-ring (bicyclic) bond motifs is 1. The van der Waals surface area contributed by atoms with E-state index in [0.29, 0.717) is 11.1 Å². The maximum Gasteiger partial charge on any atom is 0.254 e. The molecule has 1 aliphatic carbocycles. The smallest absolute Gasteiger partial charge is 0.254 e. The van der Waals surface area contributed by atoms with E-state index in [0.717, 1.165) is 36.8 Å². The molecule has 1 fully saturated rings. The van der Waals surface area contributed by atoms with E-state index >= 15 is 0 Å². The van der Waals surface area contributed by atoms with E-state index in [9.17, 15) is 14.3 Å². The number of carbonyl (C=O) groups excluding carboxylic acids is 1. The van der Waals surface area contributed by atoms with E-state index in [1.54, 1.807) is 6.07 Å². The Labute approximate surface area is 174 Å². The first kappa shape index (κ1) is 20.4. The Balaban J connectivity index is 1.46. The van der Waals surface area contributed by atoms with E-state index in [2.05, 4.69) is 20.4 Å².